The molecule has 2 amide bonds. The molecule has 3 heterocycles. The fourth-order valence-corrected chi connectivity index (χ4v) is 5.43. The first-order valence-electron chi connectivity index (χ1n) is 11.3. The fourth-order valence-electron chi connectivity index (χ4n) is 5.30. The molecule has 8 heteroatoms. The Morgan fingerprint density at radius 2 is 1.78 bits per heavy atom. The second-order valence-electron chi connectivity index (χ2n) is 9.42. The van der Waals surface area contributed by atoms with Gasteiger partial charge in [-0.2, -0.15) is 5.10 Å². The number of hydrogen-bond donors (Lipinski definition) is 0. The summed E-state index contributed by atoms with van der Waals surface area (Å²) < 4.78 is 0. The maximum Gasteiger partial charge on any atom is 0.252 e. The van der Waals surface area contributed by atoms with E-state index in [0.717, 1.165) is 37.1 Å². The minimum absolute atomic E-state index is 0.0111. The van der Waals surface area contributed by atoms with Crippen molar-refractivity contribution < 1.29 is 9.59 Å². The molecule has 7 nitrogen and oxygen atoms in total. The van der Waals surface area contributed by atoms with E-state index in [1.165, 1.54) is 0 Å². The van der Waals surface area contributed by atoms with Gasteiger partial charge in [0, 0.05) is 23.8 Å². The number of benzene rings is 1. The summed E-state index contributed by atoms with van der Waals surface area (Å²) in [5.41, 5.74) is 0.100. The topological polar surface area (TPSA) is 69.6 Å². The summed E-state index contributed by atoms with van der Waals surface area (Å²) in [4.78, 5) is 33.1. The zero-order valence-electron chi connectivity index (χ0n) is 18.3. The van der Waals surface area contributed by atoms with Crippen LogP contribution in [0.5, 0.6) is 0 Å². The van der Waals surface area contributed by atoms with Crippen molar-refractivity contribution in [2.24, 2.45) is 5.92 Å². The Bertz CT molecular complexity index is 985. The van der Waals surface area contributed by atoms with Gasteiger partial charge < -0.3 is 14.7 Å². The number of hydrogen-bond acceptors (Lipinski definition) is 5. The predicted octanol–water partition coefficient (Wildman–Crippen LogP) is 3.14. The Balaban J connectivity index is 1.43. The minimum Gasteiger partial charge on any atom is -0.349 e. The monoisotopic (exact) mass is 453 g/mol. The smallest absolute Gasteiger partial charge is 0.252 e. The number of rotatable bonds is 4. The summed E-state index contributed by atoms with van der Waals surface area (Å²) >= 11 is 6.04. The van der Waals surface area contributed by atoms with Crippen LogP contribution in [0.15, 0.2) is 42.6 Å². The van der Waals surface area contributed by atoms with Crippen LogP contribution in [0.3, 0.4) is 0 Å². The number of carbonyl (C=O) groups is 2. The Labute approximate surface area is 193 Å². The number of piperazine rings is 1. The van der Waals surface area contributed by atoms with Crippen LogP contribution >= 0.6 is 11.6 Å². The number of carbonyl (C=O) groups excluding carboxylic acids is 2. The first-order valence-corrected chi connectivity index (χ1v) is 11.7. The first kappa shape index (κ1) is 21.2. The van der Waals surface area contributed by atoms with E-state index in [1.54, 1.807) is 11.1 Å². The highest BCUT2D eigenvalue weighted by atomic mass is 35.5. The van der Waals surface area contributed by atoms with Crippen LogP contribution in [-0.2, 0) is 16.1 Å². The molecule has 0 bridgehead atoms. The Hall–Kier alpha value is -2.67. The summed E-state index contributed by atoms with van der Waals surface area (Å²) in [6.45, 7) is 3.69. The average Bonchev–Trinajstić information content (AvgIpc) is 2.78. The summed E-state index contributed by atoms with van der Waals surface area (Å²) in [5.74, 6) is 1.50. The van der Waals surface area contributed by atoms with Crippen LogP contribution in [0.1, 0.15) is 38.2 Å². The normalized spacial score (nSPS) is 25.2. The number of halogens is 1. The van der Waals surface area contributed by atoms with E-state index in [0.29, 0.717) is 30.6 Å². The third kappa shape index (κ3) is 3.72. The predicted molar refractivity (Wildman–Crippen MR) is 122 cm³/mol. The third-order valence-electron chi connectivity index (χ3n) is 7.25. The van der Waals surface area contributed by atoms with Gasteiger partial charge in [-0.15, -0.1) is 5.10 Å². The Kier molecular flexibility index (Phi) is 5.53. The minimum atomic E-state index is -0.866. The molecule has 2 aromatic rings. The van der Waals surface area contributed by atoms with E-state index in [2.05, 4.69) is 17.1 Å². The highest BCUT2D eigenvalue weighted by Crippen LogP contribution is 2.39. The summed E-state index contributed by atoms with van der Waals surface area (Å²) in [5, 5.41) is 8.81. The lowest BCUT2D eigenvalue weighted by Gasteiger charge is -2.59. The standard InChI is InChI=1S/C24H28ClN5O2/c1-17-4-10-20(11-5-17)29-14-22(31)30(13-18-6-8-19(25)9-7-18)24(23(29)32)15-28(16-24)21-3-2-12-26-27-21/h2-3,6-9,12,17,20H,4-5,10-11,13-16H2,1H3. The number of anilines is 1. The molecule has 1 aliphatic carbocycles. The molecular weight excluding hydrogens is 426 g/mol. The molecule has 32 heavy (non-hydrogen) atoms. The van der Waals surface area contributed by atoms with Crippen molar-refractivity contribution >= 4 is 29.2 Å². The lowest BCUT2D eigenvalue weighted by atomic mass is 9.80. The molecule has 1 aromatic carbocycles. The van der Waals surface area contributed by atoms with Gasteiger partial charge in [0.2, 0.25) is 5.91 Å². The molecule has 2 saturated heterocycles. The molecule has 0 N–H and O–H groups in total. The van der Waals surface area contributed by atoms with Gasteiger partial charge in [-0.3, -0.25) is 9.59 Å². The second kappa shape index (κ2) is 8.35. The van der Waals surface area contributed by atoms with Crippen LogP contribution in [-0.4, -0.2) is 63.0 Å². The molecule has 2 aliphatic heterocycles. The SMILES string of the molecule is CC1CCC(N2CC(=O)N(Cc3ccc(Cl)cc3)C3(CN(c4cccnn4)C3)C2=O)CC1. The quantitative estimate of drug-likeness (QED) is 0.711. The highest BCUT2D eigenvalue weighted by molar-refractivity contribution is 6.30. The number of nitrogens with zero attached hydrogens (tertiary/aromatic N) is 5. The van der Waals surface area contributed by atoms with E-state index in [1.807, 2.05) is 46.2 Å². The van der Waals surface area contributed by atoms with Gasteiger partial charge in [-0.25, -0.2) is 0 Å². The Morgan fingerprint density at radius 3 is 2.44 bits per heavy atom. The second-order valence-corrected chi connectivity index (χ2v) is 9.86. The van der Waals surface area contributed by atoms with E-state index in [4.69, 9.17) is 11.6 Å². The summed E-state index contributed by atoms with van der Waals surface area (Å²) in [6.07, 6.45) is 5.79. The largest absolute Gasteiger partial charge is 0.349 e. The maximum atomic E-state index is 13.9. The molecule has 5 rings (SSSR count). The van der Waals surface area contributed by atoms with Gasteiger partial charge in [0.25, 0.3) is 5.91 Å². The van der Waals surface area contributed by atoms with Gasteiger partial charge in [0.15, 0.2) is 11.4 Å². The van der Waals surface area contributed by atoms with Gasteiger partial charge >= 0.3 is 0 Å². The highest BCUT2D eigenvalue weighted by Gasteiger charge is 2.60. The zero-order valence-corrected chi connectivity index (χ0v) is 19.0. The van der Waals surface area contributed by atoms with Gasteiger partial charge in [-0.1, -0.05) is 30.7 Å². The Morgan fingerprint density at radius 1 is 1.06 bits per heavy atom. The lowest BCUT2D eigenvalue weighted by Crippen LogP contribution is -2.81. The van der Waals surface area contributed by atoms with Crippen molar-refractivity contribution in [2.75, 3.05) is 24.5 Å². The van der Waals surface area contributed by atoms with Crippen LogP contribution in [0.2, 0.25) is 5.02 Å². The maximum absolute atomic E-state index is 13.9. The molecule has 1 saturated carbocycles. The summed E-state index contributed by atoms with van der Waals surface area (Å²) in [6, 6.07) is 11.4. The summed E-state index contributed by atoms with van der Waals surface area (Å²) in [7, 11) is 0. The lowest BCUT2D eigenvalue weighted by molar-refractivity contribution is -0.171. The van der Waals surface area contributed by atoms with Crippen LogP contribution < -0.4 is 4.90 Å². The van der Waals surface area contributed by atoms with Gasteiger partial charge in [-0.05, 0) is 61.4 Å². The van der Waals surface area contributed by atoms with E-state index in [9.17, 15) is 9.59 Å². The molecule has 0 atom stereocenters. The molecule has 3 fully saturated rings. The van der Waals surface area contributed by atoms with Crippen molar-refractivity contribution in [3.63, 3.8) is 0 Å². The molecule has 168 valence electrons. The van der Waals surface area contributed by atoms with Crippen molar-refractivity contribution in [3.05, 3.63) is 53.2 Å². The molecule has 0 radical (unpaired) electrons. The van der Waals surface area contributed by atoms with Crippen LogP contribution in [0.25, 0.3) is 0 Å². The van der Waals surface area contributed by atoms with Crippen molar-refractivity contribution in [3.8, 4) is 0 Å². The van der Waals surface area contributed by atoms with Crippen LogP contribution in [0.4, 0.5) is 5.82 Å². The van der Waals surface area contributed by atoms with Gasteiger partial charge in [0.1, 0.15) is 6.54 Å². The molecule has 3 aliphatic rings. The molecule has 1 aromatic heterocycles. The van der Waals surface area contributed by atoms with E-state index < -0.39 is 5.54 Å². The molecule has 0 unspecified atom stereocenters. The van der Waals surface area contributed by atoms with E-state index >= 15 is 0 Å². The fraction of sp³-hybridized carbons (Fsp3) is 0.500. The van der Waals surface area contributed by atoms with Crippen molar-refractivity contribution in [1.82, 2.24) is 20.0 Å². The number of aromatic nitrogens is 2. The first-order chi connectivity index (χ1) is 15.5. The van der Waals surface area contributed by atoms with Crippen molar-refractivity contribution in [2.45, 2.75) is 50.7 Å². The van der Waals surface area contributed by atoms with Crippen molar-refractivity contribution in [1.29, 1.82) is 0 Å². The number of amides is 2. The molecule has 1 spiro atoms. The third-order valence-corrected chi connectivity index (χ3v) is 7.50. The van der Waals surface area contributed by atoms with Crippen LogP contribution in [0, 0.1) is 5.92 Å². The van der Waals surface area contributed by atoms with E-state index in [-0.39, 0.29) is 24.4 Å². The zero-order chi connectivity index (χ0) is 22.3. The van der Waals surface area contributed by atoms with Gasteiger partial charge in [0.05, 0.1) is 13.1 Å². The average molecular weight is 454 g/mol. The molecular formula is C24H28ClN5O2.